The molecular formula is C9H17N5O2S2. The van der Waals surface area contributed by atoms with Gasteiger partial charge in [-0.05, 0) is 0 Å². The molecule has 0 saturated heterocycles. The molecule has 1 rings (SSSR count). The van der Waals surface area contributed by atoms with Crippen molar-refractivity contribution in [2.75, 3.05) is 17.8 Å². The summed E-state index contributed by atoms with van der Waals surface area (Å²) < 4.78 is 29.3. The monoisotopic (exact) mass is 291 g/mol. The molecule has 9 heteroatoms. The van der Waals surface area contributed by atoms with Crippen LogP contribution in [0.5, 0.6) is 0 Å². The first-order valence-electron chi connectivity index (χ1n) is 5.43. The van der Waals surface area contributed by atoms with Crippen LogP contribution in [0, 0.1) is 0 Å². The Morgan fingerprint density at radius 3 is 2.56 bits per heavy atom. The summed E-state index contributed by atoms with van der Waals surface area (Å²) in [7, 11) is -2.00. The number of aryl methyl sites for hydroxylation is 1. The molecule has 1 heterocycles. The van der Waals surface area contributed by atoms with Crippen LogP contribution in [0.1, 0.15) is 19.4 Å². The van der Waals surface area contributed by atoms with Crippen LogP contribution < -0.4 is 10.5 Å². The first kappa shape index (κ1) is 14.9. The van der Waals surface area contributed by atoms with Crippen molar-refractivity contribution in [3.63, 3.8) is 0 Å². The fourth-order valence-corrected chi connectivity index (χ4v) is 2.93. The smallest absolute Gasteiger partial charge is 0.302 e. The summed E-state index contributed by atoms with van der Waals surface area (Å²) in [6.45, 7) is 4.29. The number of aromatic nitrogens is 2. The van der Waals surface area contributed by atoms with Crippen molar-refractivity contribution < 1.29 is 8.42 Å². The van der Waals surface area contributed by atoms with Crippen LogP contribution in [0.2, 0.25) is 0 Å². The Bertz CT molecular complexity index is 533. The molecule has 102 valence electrons. The molecule has 1 aromatic rings. The van der Waals surface area contributed by atoms with Gasteiger partial charge in [0.05, 0.1) is 11.8 Å². The maximum absolute atomic E-state index is 12.1. The number of nitrogens with zero attached hydrogens (tertiary/aromatic N) is 3. The van der Waals surface area contributed by atoms with E-state index in [1.54, 1.807) is 20.9 Å². The number of hydrogen-bond donors (Lipinski definition) is 2. The van der Waals surface area contributed by atoms with Gasteiger partial charge < -0.3 is 5.73 Å². The summed E-state index contributed by atoms with van der Waals surface area (Å²) in [5, 5.41) is 3.94. The molecule has 0 aliphatic heterocycles. The number of anilines is 1. The zero-order chi connectivity index (χ0) is 13.9. The lowest BCUT2D eigenvalue weighted by Gasteiger charge is -2.19. The highest BCUT2D eigenvalue weighted by atomic mass is 32.2. The molecule has 0 aromatic carbocycles. The van der Waals surface area contributed by atoms with Crippen LogP contribution in [0.25, 0.3) is 0 Å². The third kappa shape index (κ3) is 2.98. The Kier molecular flexibility index (Phi) is 4.65. The molecule has 7 nitrogen and oxygen atoms in total. The molecule has 0 radical (unpaired) electrons. The fraction of sp³-hybridized carbons (Fsp3) is 0.556. The third-order valence-corrected chi connectivity index (χ3v) is 4.34. The normalized spacial score (nSPS) is 11.8. The summed E-state index contributed by atoms with van der Waals surface area (Å²) in [6.07, 6.45) is 1.43. The summed E-state index contributed by atoms with van der Waals surface area (Å²) >= 11 is 4.85. The van der Waals surface area contributed by atoms with Crippen molar-refractivity contribution in [1.82, 2.24) is 14.1 Å². The van der Waals surface area contributed by atoms with E-state index in [2.05, 4.69) is 9.82 Å². The van der Waals surface area contributed by atoms with Gasteiger partial charge in [0.1, 0.15) is 10.8 Å². The Morgan fingerprint density at radius 1 is 1.56 bits per heavy atom. The van der Waals surface area contributed by atoms with Gasteiger partial charge in [0, 0.05) is 20.1 Å². The van der Waals surface area contributed by atoms with Gasteiger partial charge in [0.2, 0.25) is 0 Å². The van der Waals surface area contributed by atoms with E-state index in [0.29, 0.717) is 18.7 Å². The van der Waals surface area contributed by atoms with Crippen LogP contribution in [0.3, 0.4) is 0 Å². The molecular weight excluding hydrogens is 274 g/mol. The number of rotatable bonds is 6. The average Bonchev–Trinajstić information content (AvgIpc) is 2.61. The molecule has 18 heavy (non-hydrogen) atoms. The quantitative estimate of drug-likeness (QED) is 0.723. The zero-order valence-corrected chi connectivity index (χ0v) is 12.2. The third-order valence-electron chi connectivity index (χ3n) is 2.48. The largest absolute Gasteiger partial charge is 0.389 e. The van der Waals surface area contributed by atoms with Crippen molar-refractivity contribution in [2.45, 2.75) is 13.8 Å². The van der Waals surface area contributed by atoms with Crippen molar-refractivity contribution in [1.29, 1.82) is 0 Å². The number of thiocarbonyl (C=S) groups is 1. The lowest BCUT2D eigenvalue weighted by atomic mass is 10.3. The van der Waals surface area contributed by atoms with E-state index in [1.165, 1.54) is 15.2 Å². The Hall–Kier alpha value is -1.19. The number of nitrogens with one attached hydrogen (secondary N) is 1. The van der Waals surface area contributed by atoms with Gasteiger partial charge in [0.25, 0.3) is 0 Å². The van der Waals surface area contributed by atoms with Crippen molar-refractivity contribution >= 4 is 33.2 Å². The SMILES string of the molecule is CCN(CC)S(=O)(=O)Nc1c(C(N)=S)cnn1C. The van der Waals surface area contributed by atoms with Crippen molar-refractivity contribution in [3.8, 4) is 0 Å². The summed E-state index contributed by atoms with van der Waals surface area (Å²) in [5.41, 5.74) is 5.92. The van der Waals surface area contributed by atoms with E-state index in [4.69, 9.17) is 18.0 Å². The fourth-order valence-electron chi connectivity index (χ4n) is 1.49. The standard InChI is InChI=1S/C9H17N5O2S2/c1-4-14(5-2)18(15,16)12-9-7(8(10)17)6-11-13(9)3/h6,12H,4-5H2,1-3H3,(H2,10,17). The van der Waals surface area contributed by atoms with Gasteiger partial charge in [-0.15, -0.1) is 0 Å². The van der Waals surface area contributed by atoms with Gasteiger partial charge in [-0.25, -0.2) is 0 Å². The minimum Gasteiger partial charge on any atom is -0.389 e. The van der Waals surface area contributed by atoms with Gasteiger partial charge in [-0.2, -0.15) is 17.8 Å². The predicted octanol–water partition coefficient (Wildman–Crippen LogP) is 0.0528. The molecule has 1 aromatic heterocycles. The van der Waals surface area contributed by atoms with Gasteiger partial charge in [-0.3, -0.25) is 9.40 Å². The number of hydrogen-bond acceptors (Lipinski definition) is 4. The van der Waals surface area contributed by atoms with E-state index >= 15 is 0 Å². The highest BCUT2D eigenvalue weighted by molar-refractivity contribution is 7.90. The van der Waals surface area contributed by atoms with Crippen LogP contribution >= 0.6 is 12.2 Å². The van der Waals surface area contributed by atoms with Crippen LogP contribution in [-0.4, -0.2) is 40.6 Å². The predicted molar refractivity (Wildman–Crippen MR) is 74.6 cm³/mol. The van der Waals surface area contributed by atoms with Crippen LogP contribution in [-0.2, 0) is 17.3 Å². The van der Waals surface area contributed by atoms with Crippen molar-refractivity contribution in [2.24, 2.45) is 12.8 Å². The zero-order valence-electron chi connectivity index (χ0n) is 10.5. The molecule has 3 N–H and O–H groups in total. The Morgan fingerprint density at radius 2 is 2.11 bits per heavy atom. The van der Waals surface area contributed by atoms with E-state index in [9.17, 15) is 8.42 Å². The first-order valence-corrected chi connectivity index (χ1v) is 7.28. The van der Waals surface area contributed by atoms with Gasteiger partial charge >= 0.3 is 10.2 Å². The molecule has 0 atom stereocenters. The Labute approximate surface area is 112 Å². The average molecular weight is 291 g/mol. The molecule has 0 spiro atoms. The minimum absolute atomic E-state index is 0.0975. The van der Waals surface area contributed by atoms with Gasteiger partial charge in [0.15, 0.2) is 0 Å². The maximum atomic E-state index is 12.1. The molecule has 0 amide bonds. The molecule has 0 bridgehead atoms. The molecule has 0 saturated carbocycles. The summed E-state index contributed by atoms with van der Waals surface area (Å²) in [4.78, 5) is 0.0975. The molecule has 0 aliphatic carbocycles. The summed E-state index contributed by atoms with van der Waals surface area (Å²) in [6, 6.07) is 0. The van der Waals surface area contributed by atoms with Crippen molar-refractivity contribution in [3.05, 3.63) is 11.8 Å². The number of nitrogens with two attached hydrogens (primary N) is 1. The molecule has 0 fully saturated rings. The van der Waals surface area contributed by atoms with E-state index in [-0.39, 0.29) is 10.8 Å². The topological polar surface area (TPSA) is 93.2 Å². The van der Waals surface area contributed by atoms with E-state index in [0.717, 1.165) is 0 Å². The second kappa shape index (κ2) is 5.63. The van der Waals surface area contributed by atoms with Gasteiger partial charge in [-0.1, -0.05) is 26.1 Å². The highest BCUT2D eigenvalue weighted by Gasteiger charge is 2.22. The highest BCUT2D eigenvalue weighted by Crippen LogP contribution is 2.16. The van der Waals surface area contributed by atoms with E-state index < -0.39 is 10.2 Å². The Balaban J connectivity index is 3.11. The van der Waals surface area contributed by atoms with E-state index in [1.807, 2.05) is 0 Å². The lowest BCUT2D eigenvalue weighted by Crippen LogP contribution is -2.36. The van der Waals surface area contributed by atoms with Crippen LogP contribution in [0.15, 0.2) is 6.20 Å². The second-order valence-electron chi connectivity index (χ2n) is 3.59. The van der Waals surface area contributed by atoms with Crippen LogP contribution in [0.4, 0.5) is 5.82 Å². The molecule has 0 unspecified atom stereocenters. The first-order chi connectivity index (χ1) is 8.33. The minimum atomic E-state index is -3.62. The maximum Gasteiger partial charge on any atom is 0.302 e. The lowest BCUT2D eigenvalue weighted by molar-refractivity contribution is 0.449. The summed E-state index contributed by atoms with van der Waals surface area (Å²) in [5.74, 6) is 0.273. The molecule has 0 aliphatic rings. The second-order valence-corrected chi connectivity index (χ2v) is 5.70.